The molecule has 1 heterocycles. The molecular formula is C15H19F2N3. The summed E-state index contributed by atoms with van der Waals surface area (Å²) >= 11 is 0. The molecule has 1 aromatic carbocycles. The number of nitrogens with zero attached hydrogens (tertiary/aromatic N) is 2. The topological polar surface area (TPSA) is 29.9 Å². The van der Waals surface area contributed by atoms with E-state index in [1.54, 1.807) is 6.07 Å². The molecule has 0 saturated heterocycles. The number of rotatable bonds is 5. The minimum absolute atomic E-state index is 0.155. The van der Waals surface area contributed by atoms with Gasteiger partial charge in [-0.2, -0.15) is 5.10 Å². The fourth-order valence-corrected chi connectivity index (χ4v) is 1.98. The number of halogens is 2. The Bertz CT molecular complexity index is 580. The normalized spacial score (nSPS) is 14.2. The molecule has 20 heavy (non-hydrogen) atoms. The molecule has 0 amide bonds. The minimum Gasteiger partial charge on any atom is -0.308 e. The van der Waals surface area contributed by atoms with Gasteiger partial charge in [0.1, 0.15) is 0 Å². The Morgan fingerprint density at radius 1 is 1.25 bits per heavy atom. The smallest absolute Gasteiger partial charge is 0.159 e. The highest BCUT2D eigenvalue weighted by Crippen LogP contribution is 2.13. The van der Waals surface area contributed by atoms with Crippen LogP contribution in [0.15, 0.2) is 30.6 Å². The minimum atomic E-state index is -0.817. The third-order valence-corrected chi connectivity index (χ3v) is 3.48. The Labute approximate surface area is 117 Å². The maximum Gasteiger partial charge on any atom is 0.159 e. The van der Waals surface area contributed by atoms with Crippen LogP contribution in [0.3, 0.4) is 0 Å². The van der Waals surface area contributed by atoms with Crippen LogP contribution in [-0.4, -0.2) is 15.8 Å². The predicted octanol–water partition coefficient (Wildman–Crippen LogP) is 3.21. The van der Waals surface area contributed by atoms with Crippen molar-refractivity contribution in [2.45, 2.75) is 39.4 Å². The fraction of sp³-hybridized carbons (Fsp3) is 0.400. The van der Waals surface area contributed by atoms with Crippen molar-refractivity contribution in [1.82, 2.24) is 15.1 Å². The molecule has 1 aromatic heterocycles. The molecule has 0 fully saturated rings. The number of aromatic nitrogens is 2. The third-order valence-electron chi connectivity index (χ3n) is 3.48. The second kappa shape index (κ2) is 6.13. The van der Waals surface area contributed by atoms with Crippen LogP contribution in [0.5, 0.6) is 0 Å². The standard InChI is InChI=1S/C15H19F2N3/c1-10-7-19-20(9-10)12(3)11(2)18-8-13-4-5-14(16)15(17)6-13/h4-7,9,11-12,18H,8H2,1-3H3/t11-,12-/m0/s1. The van der Waals surface area contributed by atoms with Crippen molar-refractivity contribution < 1.29 is 8.78 Å². The van der Waals surface area contributed by atoms with Gasteiger partial charge in [0.25, 0.3) is 0 Å². The van der Waals surface area contributed by atoms with Crippen LogP contribution >= 0.6 is 0 Å². The van der Waals surface area contributed by atoms with Gasteiger partial charge < -0.3 is 5.32 Å². The van der Waals surface area contributed by atoms with Crippen LogP contribution in [0.4, 0.5) is 8.78 Å². The van der Waals surface area contributed by atoms with E-state index in [0.29, 0.717) is 6.54 Å². The van der Waals surface area contributed by atoms with Crippen LogP contribution in [0.25, 0.3) is 0 Å². The average molecular weight is 279 g/mol. The zero-order chi connectivity index (χ0) is 14.7. The van der Waals surface area contributed by atoms with Crippen molar-refractivity contribution in [1.29, 1.82) is 0 Å². The average Bonchev–Trinajstić information content (AvgIpc) is 2.85. The molecule has 0 aliphatic heterocycles. The molecule has 0 radical (unpaired) electrons. The van der Waals surface area contributed by atoms with Gasteiger partial charge in [-0.05, 0) is 44.0 Å². The first kappa shape index (κ1) is 14.7. The number of hydrogen-bond donors (Lipinski definition) is 1. The Morgan fingerprint density at radius 2 is 2.00 bits per heavy atom. The molecule has 1 N–H and O–H groups in total. The van der Waals surface area contributed by atoms with Gasteiger partial charge in [-0.25, -0.2) is 8.78 Å². The second-order valence-electron chi connectivity index (χ2n) is 5.16. The van der Waals surface area contributed by atoms with Crippen molar-refractivity contribution in [2.75, 3.05) is 0 Å². The lowest BCUT2D eigenvalue weighted by Crippen LogP contribution is -2.33. The summed E-state index contributed by atoms with van der Waals surface area (Å²) in [6.45, 7) is 6.59. The summed E-state index contributed by atoms with van der Waals surface area (Å²) < 4.78 is 27.9. The van der Waals surface area contributed by atoms with Gasteiger partial charge >= 0.3 is 0 Å². The van der Waals surface area contributed by atoms with Gasteiger partial charge in [0, 0.05) is 18.8 Å². The Morgan fingerprint density at radius 3 is 2.60 bits per heavy atom. The largest absolute Gasteiger partial charge is 0.308 e. The number of benzene rings is 1. The van der Waals surface area contributed by atoms with Crippen LogP contribution in [0, 0.1) is 18.6 Å². The summed E-state index contributed by atoms with van der Waals surface area (Å²) in [5, 5.41) is 7.59. The number of nitrogens with one attached hydrogen (secondary N) is 1. The van der Waals surface area contributed by atoms with E-state index in [9.17, 15) is 8.78 Å². The molecule has 2 aromatic rings. The van der Waals surface area contributed by atoms with E-state index < -0.39 is 11.6 Å². The zero-order valence-electron chi connectivity index (χ0n) is 11.9. The molecule has 108 valence electrons. The van der Waals surface area contributed by atoms with E-state index in [-0.39, 0.29) is 12.1 Å². The second-order valence-corrected chi connectivity index (χ2v) is 5.16. The highest BCUT2D eigenvalue weighted by Gasteiger charge is 2.14. The Hall–Kier alpha value is -1.75. The lowest BCUT2D eigenvalue weighted by molar-refractivity contribution is 0.364. The molecule has 0 bridgehead atoms. The molecule has 0 unspecified atom stereocenters. The maximum absolute atomic E-state index is 13.1. The summed E-state index contributed by atoms with van der Waals surface area (Å²) in [5.74, 6) is -1.63. The summed E-state index contributed by atoms with van der Waals surface area (Å²) in [7, 11) is 0. The number of aryl methyl sites for hydroxylation is 1. The summed E-state index contributed by atoms with van der Waals surface area (Å²) in [6.07, 6.45) is 3.80. The van der Waals surface area contributed by atoms with E-state index >= 15 is 0 Å². The molecule has 0 spiro atoms. The Balaban J connectivity index is 1.94. The predicted molar refractivity (Wildman–Crippen MR) is 74.3 cm³/mol. The van der Waals surface area contributed by atoms with E-state index in [4.69, 9.17) is 0 Å². The fourth-order valence-electron chi connectivity index (χ4n) is 1.98. The van der Waals surface area contributed by atoms with Crippen LogP contribution < -0.4 is 5.32 Å². The zero-order valence-corrected chi connectivity index (χ0v) is 11.9. The number of hydrogen-bond acceptors (Lipinski definition) is 2. The summed E-state index contributed by atoms with van der Waals surface area (Å²) in [5.41, 5.74) is 1.84. The van der Waals surface area contributed by atoms with Crippen molar-refractivity contribution in [3.8, 4) is 0 Å². The monoisotopic (exact) mass is 279 g/mol. The van der Waals surface area contributed by atoms with Crippen LogP contribution in [0.1, 0.15) is 31.0 Å². The summed E-state index contributed by atoms with van der Waals surface area (Å²) in [4.78, 5) is 0. The first-order valence-corrected chi connectivity index (χ1v) is 6.65. The van der Waals surface area contributed by atoms with E-state index in [0.717, 1.165) is 17.2 Å². The molecule has 3 nitrogen and oxygen atoms in total. The van der Waals surface area contributed by atoms with Gasteiger partial charge in [0.15, 0.2) is 11.6 Å². The van der Waals surface area contributed by atoms with Gasteiger partial charge in [0.05, 0.1) is 12.2 Å². The first-order valence-electron chi connectivity index (χ1n) is 6.65. The molecule has 0 aliphatic carbocycles. The highest BCUT2D eigenvalue weighted by molar-refractivity contribution is 5.17. The highest BCUT2D eigenvalue weighted by atomic mass is 19.2. The summed E-state index contributed by atoms with van der Waals surface area (Å²) in [6, 6.07) is 4.28. The molecule has 2 rings (SSSR count). The third kappa shape index (κ3) is 3.42. The van der Waals surface area contributed by atoms with Crippen molar-refractivity contribution in [2.24, 2.45) is 0 Å². The molecule has 0 aliphatic rings. The maximum atomic E-state index is 13.1. The van der Waals surface area contributed by atoms with Crippen LogP contribution in [0.2, 0.25) is 0 Å². The molecule has 5 heteroatoms. The quantitative estimate of drug-likeness (QED) is 0.910. The molecule has 2 atom stereocenters. The van der Waals surface area contributed by atoms with Crippen molar-refractivity contribution in [3.63, 3.8) is 0 Å². The van der Waals surface area contributed by atoms with E-state index in [2.05, 4.69) is 17.3 Å². The first-order chi connectivity index (χ1) is 9.47. The van der Waals surface area contributed by atoms with Gasteiger partial charge in [-0.1, -0.05) is 6.07 Å². The van der Waals surface area contributed by atoms with E-state index in [1.165, 1.54) is 6.07 Å². The molecule has 0 saturated carbocycles. The van der Waals surface area contributed by atoms with Gasteiger partial charge in [0.2, 0.25) is 0 Å². The van der Waals surface area contributed by atoms with Gasteiger partial charge in [-0.15, -0.1) is 0 Å². The van der Waals surface area contributed by atoms with E-state index in [1.807, 2.05) is 30.9 Å². The SMILES string of the molecule is Cc1cnn([C@@H](C)[C@H](C)NCc2ccc(F)c(F)c2)c1. The van der Waals surface area contributed by atoms with Crippen molar-refractivity contribution in [3.05, 3.63) is 53.4 Å². The Kier molecular flexibility index (Phi) is 4.49. The molecular weight excluding hydrogens is 260 g/mol. The van der Waals surface area contributed by atoms with Crippen molar-refractivity contribution >= 4 is 0 Å². The lowest BCUT2D eigenvalue weighted by Gasteiger charge is -2.22. The van der Waals surface area contributed by atoms with Gasteiger partial charge in [-0.3, -0.25) is 4.68 Å². The van der Waals surface area contributed by atoms with Crippen LogP contribution in [-0.2, 0) is 6.54 Å². The lowest BCUT2D eigenvalue weighted by atomic mass is 10.1.